The van der Waals surface area contributed by atoms with Crippen LogP contribution in [-0.4, -0.2) is 39.9 Å². The van der Waals surface area contributed by atoms with Crippen LogP contribution >= 0.6 is 0 Å². The first-order valence-corrected chi connectivity index (χ1v) is 17.5. The van der Waals surface area contributed by atoms with E-state index < -0.39 is 0 Å². The highest BCUT2D eigenvalue weighted by atomic mass is 15.1. The summed E-state index contributed by atoms with van der Waals surface area (Å²) >= 11 is 0. The van der Waals surface area contributed by atoms with Crippen molar-refractivity contribution in [2.75, 3.05) is 0 Å². The number of fused-ring (bicyclic) bond motifs is 16. The summed E-state index contributed by atoms with van der Waals surface area (Å²) in [5.74, 6) is 5.15. The largest absolute Gasteiger partial charge is 0.324 e. The summed E-state index contributed by atoms with van der Waals surface area (Å²) in [5, 5.41) is 0. The van der Waals surface area contributed by atoms with E-state index >= 15 is 0 Å². The Morgan fingerprint density at radius 2 is 1.27 bits per heavy atom. The van der Waals surface area contributed by atoms with E-state index in [0.717, 1.165) is 122 Å². The highest BCUT2D eigenvalue weighted by Gasteiger charge is 2.31. The highest BCUT2D eigenvalue weighted by Crippen LogP contribution is 2.43. The number of aromatic nitrogens is 8. The first-order valence-electron chi connectivity index (χ1n) is 17.5. The van der Waals surface area contributed by atoms with E-state index in [4.69, 9.17) is 29.9 Å². The number of nitrogens with zero attached hydrogens (tertiary/aromatic N) is 6. The van der Waals surface area contributed by atoms with Gasteiger partial charge in [0.25, 0.3) is 0 Å². The van der Waals surface area contributed by atoms with Crippen molar-refractivity contribution < 1.29 is 0 Å². The van der Waals surface area contributed by atoms with Crippen LogP contribution in [-0.2, 0) is 12.8 Å². The molecule has 0 saturated heterocycles. The van der Waals surface area contributed by atoms with Crippen molar-refractivity contribution in [2.24, 2.45) is 11.8 Å². The molecule has 8 heteroatoms. The van der Waals surface area contributed by atoms with Gasteiger partial charge < -0.3 is 9.97 Å². The predicted octanol–water partition coefficient (Wildman–Crippen LogP) is 8.87. The maximum Gasteiger partial charge on any atom is 0.160 e. The average Bonchev–Trinajstić information content (AvgIpc) is 3.73. The van der Waals surface area contributed by atoms with Gasteiger partial charge in [-0.2, -0.15) is 0 Å². The molecule has 0 radical (unpaired) electrons. The van der Waals surface area contributed by atoms with Gasteiger partial charge in [0.05, 0.1) is 0 Å². The third-order valence-corrected chi connectivity index (χ3v) is 11.3. The molecule has 5 aliphatic rings. The molecule has 2 aliphatic heterocycles. The molecule has 5 heterocycles. The number of hydrogen-bond acceptors (Lipinski definition) is 6. The summed E-state index contributed by atoms with van der Waals surface area (Å²) in [4.78, 5) is 39.0. The van der Waals surface area contributed by atoms with E-state index in [-0.39, 0.29) is 0 Å². The summed E-state index contributed by atoms with van der Waals surface area (Å²) in [7, 11) is 0. The van der Waals surface area contributed by atoms with Gasteiger partial charge in [-0.25, -0.2) is 29.9 Å². The standard InChI is InChI=1S/C37H46N8/c1-18(2)14-16-23-22(6)30-38-31(23)40-32-24-11-7-8-12-25(24)33(41-32)42-35-27-17-15-19(3)21(5)29(27)37(45-35)44-34-26-13-9-10-20(4)28(26)36(39-30)43-34/h18-21H,7-17H2,1-6H3,(H2,38,39,40,41,42,43,44,45)/t19-,20-,21-/m0/s1. The third kappa shape index (κ3) is 4.78. The maximum absolute atomic E-state index is 5.40. The van der Waals surface area contributed by atoms with Crippen LogP contribution in [0.4, 0.5) is 0 Å². The van der Waals surface area contributed by atoms with Gasteiger partial charge in [-0.05, 0) is 101 Å². The fourth-order valence-corrected chi connectivity index (χ4v) is 8.31. The quantitative estimate of drug-likeness (QED) is 0.310. The number of allylic oxidation sites excluding steroid dienone is 4. The third-order valence-electron chi connectivity index (χ3n) is 11.3. The summed E-state index contributed by atoms with van der Waals surface area (Å²) in [6.07, 6.45) is 11.8. The minimum Gasteiger partial charge on any atom is -0.324 e. The summed E-state index contributed by atoms with van der Waals surface area (Å²) < 4.78 is 0. The molecule has 8 nitrogen and oxygen atoms in total. The molecule has 0 spiro atoms. The van der Waals surface area contributed by atoms with Crippen molar-refractivity contribution in [3.63, 3.8) is 0 Å². The zero-order valence-electron chi connectivity index (χ0n) is 27.8. The molecule has 8 rings (SSSR count). The lowest BCUT2D eigenvalue weighted by Crippen LogP contribution is -2.15. The lowest BCUT2D eigenvalue weighted by molar-refractivity contribution is 0.430. The summed E-state index contributed by atoms with van der Waals surface area (Å²) in [6, 6.07) is 0. The second kappa shape index (κ2) is 11.0. The number of aromatic amines is 2. The average molecular weight is 603 g/mol. The van der Waals surface area contributed by atoms with Crippen LogP contribution in [0.15, 0.2) is 0 Å². The maximum atomic E-state index is 5.40. The van der Waals surface area contributed by atoms with E-state index in [1.807, 2.05) is 0 Å². The van der Waals surface area contributed by atoms with E-state index in [1.54, 1.807) is 0 Å². The van der Waals surface area contributed by atoms with Crippen molar-refractivity contribution in [3.8, 4) is 0 Å². The van der Waals surface area contributed by atoms with Crippen LogP contribution in [0.2, 0.25) is 0 Å². The molecule has 2 N–H and O–H groups in total. The zero-order valence-corrected chi connectivity index (χ0v) is 27.8. The van der Waals surface area contributed by atoms with Crippen molar-refractivity contribution in [3.05, 3.63) is 45.6 Å². The predicted molar refractivity (Wildman–Crippen MR) is 181 cm³/mol. The molecule has 8 bridgehead atoms. The minimum absolute atomic E-state index is 0.397. The van der Waals surface area contributed by atoms with Gasteiger partial charge in [0.2, 0.25) is 0 Å². The van der Waals surface area contributed by atoms with Crippen LogP contribution in [0.1, 0.15) is 157 Å². The van der Waals surface area contributed by atoms with E-state index in [0.29, 0.717) is 23.7 Å². The first-order chi connectivity index (χ1) is 21.8. The molecular formula is C37H46N8. The smallest absolute Gasteiger partial charge is 0.160 e. The van der Waals surface area contributed by atoms with Crippen LogP contribution in [0, 0.1) is 11.8 Å². The van der Waals surface area contributed by atoms with Crippen LogP contribution in [0.5, 0.6) is 0 Å². The number of rotatable bonds is 3. The molecule has 45 heavy (non-hydrogen) atoms. The van der Waals surface area contributed by atoms with Crippen LogP contribution < -0.4 is 0 Å². The molecule has 3 aromatic rings. The monoisotopic (exact) mass is 602 g/mol. The molecule has 3 atom stereocenters. The van der Waals surface area contributed by atoms with Crippen molar-refractivity contribution in [1.29, 1.82) is 0 Å². The van der Waals surface area contributed by atoms with Gasteiger partial charge in [-0.15, -0.1) is 0 Å². The van der Waals surface area contributed by atoms with Gasteiger partial charge in [-0.1, -0.05) is 34.6 Å². The molecule has 3 aromatic heterocycles. The molecule has 3 aliphatic carbocycles. The molecular weight excluding hydrogens is 556 g/mol. The summed E-state index contributed by atoms with van der Waals surface area (Å²) in [5.41, 5.74) is 13.8. The zero-order chi connectivity index (χ0) is 31.0. The van der Waals surface area contributed by atoms with Gasteiger partial charge >= 0.3 is 0 Å². The molecule has 0 saturated carbocycles. The Bertz CT molecular complexity index is 1940. The van der Waals surface area contributed by atoms with E-state index in [2.05, 4.69) is 51.5 Å². The van der Waals surface area contributed by atoms with Crippen LogP contribution in [0.3, 0.4) is 0 Å². The number of H-pyrrole nitrogens is 2. The summed E-state index contributed by atoms with van der Waals surface area (Å²) in [6.45, 7) is 13.8. The number of nitrogens with one attached hydrogen (secondary N) is 2. The fourth-order valence-electron chi connectivity index (χ4n) is 8.31. The lowest BCUT2D eigenvalue weighted by Gasteiger charge is -2.25. The Kier molecular flexibility index (Phi) is 7.03. The Morgan fingerprint density at radius 3 is 2.02 bits per heavy atom. The van der Waals surface area contributed by atoms with E-state index in [1.165, 1.54) is 39.0 Å². The second-order valence-corrected chi connectivity index (χ2v) is 14.7. The minimum atomic E-state index is 0.397. The SMILES string of the molecule is CC1=C(CCC(C)C)c2nc1nc1[nH]c(nc3[nH]c(nc4nc(n2)C2=C4CCCC2)c2c3[C@@H](C)[C@@H](C)CC2)c2c1[C@@H](C)CCC2. The van der Waals surface area contributed by atoms with Crippen molar-refractivity contribution in [1.82, 2.24) is 39.9 Å². The number of aryl methyl sites for hydroxylation is 2. The Labute approximate surface area is 265 Å². The van der Waals surface area contributed by atoms with Gasteiger partial charge in [0, 0.05) is 44.5 Å². The fraction of sp³-hybridized carbons (Fsp3) is 0.568. The Morgan fingerprint density at radius 1 is 0.644 bits per heavy atom. The van der Waals surface area contributed by atoms with Crippen molar-refractivity contribution >= 4 is 44.9 Å². The van der Waals surface area contributed by atoms with Gasteiger partial charge in [0.15, 0.2) is 23.3 Å². The second-order valence-electron chi connectivity index (χ2n) is 14.7. The molecule has 0 unspecified atom stereocenters. The van der Waals surface area contributed by atoms with Crippen molar-refractivity contribution in [2.45, 2.75) is 124 Å². The number of hydrogen-bond donors (Lipinski definition) is 2. The Hall–Kier alpha value is -3.68. The highest BCUT2D eigenvalue weighted by molar-refractivity contribution is 5.92. The first kappa shape index (κ1) is 28.8. The van der Waals surface area contributed by atoms with E-state index in [9.17, 15) is 0 Å². The van der Waals surface area contributed by atoms with Gasteiger partial charge in [-0.3, -0.25) is 0 Å². The van der Waals surface area contributed by atoms with Crippen LogP contribution in [0.25, 0.3) is 44.9 Å². The van der Waals surface area contributed by atoms with Gasteiger partial charge in [0.1, 0.15) is 22.6 Å². The molecule has 0 amide bonds. The lowest BCUT2D eigenvalue weighted by atomic mass is 9.78. The molecule has 234 valence electrons. The Balaban J connectivity index is 1.49. The molecule has 0 fully saturated rings. The normalized spacial score (nSPS) is 23.0. The molecule has 0 aromatic carbocycles. The topological polar surface area (TPSA) is 109 Å².